The SMILES string of the molecule is COc1ccc(OCCN(C)C(=O)c2cc(Br)ccc2O)cc1. The fraction of sp³-hybridized carbons (Fsp3) is 0.235. The van der Waals surface area contributed by atoms with Crippen molar-refractivity contribution in [1.29, 1.82) is 0 Å². The molecule has 2 aromatic rings. The molecule has 0 spiro atoms. The van der Waals surface area contributed by atoms with Crippen LogP contribution in [0, 0.1) is 0 Å². The van der Waals surface area contributed by atoms with E-state index in [4.69, 9.17) is 9.47 Å². The fourth-order valence-electron chi connectivity index (χ4n) is 1.96. The van der Waals surface area contributed by atoms with E-state index in [9.17, 15) is 9.90 Å². The Morgan fingerprint density at radius 1 is 1.17 bits per heavy atom. The van der Waals surface area contributed by atoms with E-state index >= 15 is 0 Å². The van der Waals surface area contributed by atoms with Gasteiger partial charge in [0.15, 0.2) is 0 Å². The second kappa shape index (κ2) is 7.87. The van der Waals surface area contributed by atoms with Crippen molar-refractivity contribution in [2.75, 3.05) is 27.3 Å². The number of aromatic hydroxyl groups is 1. The zero-order valence-electron chi connectivity index (χ0n) is 13.0. The zero-order valence-corrected chi connectivity index (χ0v) is 14.5. The van der Waals surface area contributed by atoms with Crippen LogP contribution >= 0.6 is 15.9 Å². The number of hydrogen-bond acceptors (Lipinski definition) is 4. The van der Waals surface area contributed by atoms with E-state index in [-0.39, 0.29) is 17.2 Å². The Bertz CT molecular complexity index is 673. The van der Waals surface area contributed by atoms with Gasteiger partial charge in [-0.3, -0.25) is 4.79 Å². The minimum absolute atomic E-state index is 0.0406. The molecule has 23 heavy (non-hydrogen) atoms. The van der Waals surface area contributed by atoms with Crippen LogP contribution in [0.15, 0.2) is 46.9 Å². The van der Waals surface area contributed by atoms with Crippen LogP contribution in [0.5, 0.6) is 17.2 Å². The summed E-state index contributed by atoms with van der Waals surface area (Å²) in [5.41, 5.74) is 0.256. The topological polar surface area (TPSA) is 59.0 Å². The molecule has 5 nitrogen and oxygen atoms in total. The Balaban J connectivity index is 1.89. The Labute approximate surface area is 143 Å². The number of phenolic OH excluding ortho intramolecular Hbond substituents is 1. The molecular formula is C17H18BrNO4. The van der Waals surface area contributed by atoms with E-state index in [1.807, 2.05) is 12.1 Å². The van der Waals surface area contributed by atoms with Crippen LogP contribution in [-0.4, -0.2) is 43.2 Å². The van der Waals surface area contributed by atoms with Gasteiger partial charge >= 0.3 is 0 Å². The quantitative estimate of drug-likeness (QED) is 0.836. The van der Waals surface area contributed by atoms with Crippen molar-refractivity contribution in [3.63, 3.8) is 0 Å². The molecule has 0 saturated heterocycles. The summed E-state index contributed by atoms with van der Waals surface area (Å²) in [6, 6.07) is 12.0. The van der Waals surface area contributed by atoms with E-state index in [1.165, 1.54) is 11.0 Å². The number of nitrogens with zero attached hydrogens (tertiary/aromatic N) is 1. The Kier molecular flexibility index (Phi) is 5.87. The summed E-state index contributed by atoms with van der Waals surface area (Å²) < 4.78 is 11.4. The van der Waals surface area contributed by atoms with Crippen LogP contribution in [0.2, 0.25) is 0 Å². The number of carbonyl (C=O) groups excluding carboxylic acids is 1. The van der Waals surface area contributed by atoms with Crippen molar-refractivity contribution >= 4 is 21.8 Å². The highest BCUT2D eigenvalue weighted by atomic mass is 79.9. The summed E-state index contributed by atoms with van der Waals surface area (Å²) >= 11 is 3.29. The number of halogens is 1. The van der Waals surface area contributed by atoms with E-state index in [0.29, 0.717) is 18.9 Å². The molecule has 0 atom stereocenters. The van der Waals surface area contributed by atoms with Crippen molar-refractivity contribution in [1.82, 2.24) is 4.90 Å². The highest BCUT2D eigenvalue weighted by molar-refractivity contribution is 9.10. The Morgan fingerprint density at radius 2 is 1.83 bits per heavy atom. The minimum atomic E-state index is -0.262. The fourth-order valence-corrected chi connectivity index (χ4v) is 2.32. The summed E-state index contributed by atoms with van der Waals surface area (Å²) in [6.07, 6.45) is 0. The molecule has 1 N–H and O–H groups in total. The predicted octanol–water partition coefficient (Wildman–Crippen LogP) is 3.31. The van der Waals surface area contributed by atoms with Crippen LogP contribution in [0.3, 0.4) is 0 Å². The standard InChI is InChI=1S/C17H18BrNO4/c1-19(17(21)15-11-12(18)3-8-16(15)20)9-10-23-14-6-4-13(22-2)5-7-14/h3-8,11,20H,9-10H2,1-2H3. The van der Waals surface area contributed by atoms with Crippen LogP contribution in [-0.2, 0) is 0 Å². The van der Waals surface area contributed by atoms with E-state index in [0.717, 1.165) is 10.2 Å². The molecule has 0 bridgehead atoms. The summed E-state index contributed by atoms with van der Waals surface area (Å²) in [6.45, 7) is 0.750. The first kappa shape index (κ1) is 17.1. The second-order valence-corrected chi connectivity index (χ2v) is 5.83. The van der Waals surface area contributed by atoms with Gasteiger partial charge in [0.1, 0.15) is 23.9 Å². The maximum Gasteiger partial charge on any atom is 0.257 e. The molecule has 0 heterocycles. The number of amides is 1. The molecule has 0 aliphatic heterocycles. The lowest BCUT2D eigenvalue weighted by molar-refractivity contribution is 0.0770. The largest absolute Gasteiger partial charge is 0.507 e. The Hall–Kier alpha value is -2.21. The molecule has 0 saturated carbocycles. The van der Waals surface area contributed by atoms with Crippen LogP contribution in [0.25, 0.3) is 0 Å². The molecule has 0 unspecified atom stereocenters. The Morgan fingerprint density at radius 3 is 2.48 bits per heavy atom. The van der Waals surface area contributed by atoms with Gasteiger partial charge in [0.25, 0.3) is 5.91 Å². The lowest BCUT2D eigenvalue weighted by Gasteiger charge is -2.18. The number of rotatable bonds is 6. The van der Waals surface area contributed by atoms with Crippen molar-refractivity contribution in [2.45, 2.75) is 0 Å². The first-order valence-electron chi connectivity index (χ1n) is 7.02. The van der Waals surface area contributed by atoms with Crippen molar-refractivity contribution in [2.24, 2.45) is 0 Å². The molecule has 2 aromatic carbocycles. The van der Waals surface area contributed by atoms with Crippen molar-refractivity contribution in [3.05, 3.63) is 52.5 Å². The number of phenols is 1. The average Bonchev–Trinajstić information content (AvgIpc) is 2.57. The first-order valence-corrected chi connectivity index (χ1v) is 7.81. The maximum atomic E-state index is 12.3. The number of carbonyl (C=O) groups is 1. The van der Waals surface area contributed by atoms with Crippen LogP contribution in [0.1, 0.15) is 10.4 Å². The molecule has 0 fully saturated rings. The van der Waals surface area contributed by atoms with Gasteiger partial charge in [-0.1, -0.05) is 15.9 Å². The summed E-state index contributed by atoms with van der Waals surface area (Å²) in [5.74, 6) is 1.16. The van der Waals surface area contributed by atoms with Gasteiger partial charge in [0.2, 0.25) is 0 Å². The van der Waals surface area contributed by atoms with E-state index in [1.54, 1.807) is 38.4 Å². The zero-order chi connectivity index (χ0) is 16.8. The normalized spacial score (nSPS) is 10.2. The van der Waals surface area contributed by atoms with Gasteiger partial charge in [-0.25, -0.2) is 0 Å². The van der Waals surface area contributed by atoms with Gasteiger partial charge in [-0.05, 0) is 42.5 Å². The van der Waals surface area contributed by atoms with Crippen molar-refractivity contribution < 1.29 is 19.4 Å². The van der Waals surface area contributed by atoms with Gasteiger partial charge in [-0.15, -0.1) is 0 Å². The molecule has 0 radical (unpaired) electrons. The molecule has 2 rings (SSSR count). The van der Waals surface area contributed by atoms with E-state index < -0.39 is 0 Å². The molecule has 0 aliphatic carbocycles. The first-order chi connectivity index (χ1) is 11.0. The smallest absolute Gasteiger partial charge is 0.257 e. The number of methoxy groups -OCH3 is 1. The lowest BCUT2D eigenvalue weighted by atomic mass is 10.2. The maximum absolute atomic E-state index is 12.3. The van der Waals surface area contributed by atoms with Gasteiger partial charge in [0, 0.05) is 11.5 Å². The average molecular weight is 380 g/mol. The van der Waals surface area contributed by atoms with Gasteiger partial charge in [-0.2, -0.15) is 0 Å². The molecule has 122 valence electrons. The third-order valence-electron chi connectivity index (χ3n) is 3.29. The summed E-state index contributed by atoms with van der Waals surface area (Å²) in [5, 5.41) is 9.80. The third-order valence-corrected chi connectivity index (χ3v) is 3.78. The number of likely N-dealkylation sites (N-methyl/N-ethyl adjacent to an activating group) is 1. The summed E-state index contributed by atoms with van der Waals surface area (Å²) in [4.78, 5) is 13.8. The van der Waals surface area contributed by atoms with Crippen LogP contribution in [0.4, 0.5) is 0 Å². The van der Waals surface area contributed by atoms with Crippen molar-refractivity contribution in [3.8, 4) is 17.2 Å². The highest BCUT2D eigenvalue weighted by Crippen LogP contribution is 2.23. The minimum Gasteiger partial charge on any atom is -0.507 e. The number of ether oxygens (including phenoxy) is 2. The predicted molar refractivity (Wildman–Crippen MR) is 91.3 cm³/mol. The molecular weight excluding hydrogens is 362 g/mol. The monoisotopic (exact) mass is 379 g/mol. The molecule has 0 aromatic heterocycles. The molecule has 0 aliphatic rings. The number of hydrogen-bond donors (Lipinski definition) is 1. The lowest BCUT2D eigenvalue weighted by Crippen LogP contribution is -2.30. The number of benzene rings is 2. The molecule has 6 heteroatoms. The third kappa shape index (κ3) is 4.63. The highest BCUT2D eigenvalue weighted by Gasteiger charge is 2.16. The second-order valence-electron chi connectivity index (χ2n) is 4.91. The van der Waals surface area contributed by atoms with E-state index in [2.05, 4.69) is 15.9 Å². The molecule has 1 amide bonds. The van der Waals surface area contributed by atoms with Gasteiger partial charge in [0.05, 0.1) is 19.2 Å². The van der Waals surface area contributed by atoms with Gasteiger partial charge < -0.3 is 19.5 Å². The summed E-state index contributed by atoms with van der Waals surface area (Å²) in [7, 11) is 3.27. The van der Waals surface area contributed by atoms with Crippen LogP contribution < -0.4 is 9.47 Å².